The third kappa shape index (κ3) is 2.16. The third-order valence-electron chi connectivity index (χ3n) is 2.38. The van der Waals surface area contributed by atoms with E-state index in [2.05, 4.69) is 5.32 Å². The molecule has 0 aliphatic heterocycles. The highest BCUT2D eigenvalue weighted by atomic mass is 19.1. The number of rotatable bonds is 4. The molecule has 0 heterocycles. The maximum absolute atomic E-state index is 12.8. The fourth-order valence-electron chi connectivity index (χ4n) is 1.32. The summed E-state index contributed by atoms with van der Waals surface area (Å²) in [6.07, 6.45) is 2.52. The Morgan fingerprint density at radius 2 is 2.29 bits per heavy atom. The molecule has 3 heteroatoms. The van der Waals surface area contributed by atoms with Gasteiger partial charge in [0.2, 0.25) is 0 Å². The molecule has 0 radical (unpaired) electrons. The van der Waals surface area contributed by atoms with Gasteiger partial charge in [0.05, 0.1) is 12.3 Å². The Morgan fingerprint density at radius 3 is 2.93 bits per heavy atom. The summed E-state index contributed by atoms with van der Waals surface area (Å²) in [7, 11) is 1.76. The first-order valence-electron chi connectivity index (χ1n) is 4.89. The standard InChI is InChI=1S/C11H14FNO/c1-13-10-6-9(12)4-5-11(10)14-7-8-2-3-8/h4-6,8,13H,2-3,7H2,1H3. The van der Waals surface area contributed by atoms with Gasteiger partial charge in [0, 0.05) is 13.1 Å². The van der Waals surface area contributed by atoms with Crippen molar-refractivity contribution < 1.29 is 9.13 Å². The maximum atomic E-state index is 12.8. The van der Waals surface area contributed by atoms with Gasteiger partial charge in [-0.05, 0) is 30.9 Å². The Balaban J connectivity index is 2.05. The molecule has 76 valence electrons. The van der Waals surface area contributed by atoms with E-state index in [1.807, 2.05) is 0 Å². The lowest BCUT2D eigenvalue weighted by atomic mass is 10.3. The van der Waals surface area contributed by atoms with Crippen LogP contribution in [0.15, 0.2) is 18.2 Å². The van der Waals surface area contributed by atoms with Crippen molar-refractivity contribution >= 4 is 5.69 Å². The average molecular weight is 195 g/mol. The van der Waals surface area contributed by atoms with Gasteiger partial charge in [-0.2, -0.15) is 0 Å². The zero-order valence-corrected chi connectivity index (χ0v) is 8.22. The third-order valence-corrected chi connectivity index (χ3v) is 2.38. The molecule has 1 saturated carbocycles. The maximum Gasteiger partial charge on any atom is 0.142 e. The highest BCUT2D eigenvalue weighted by Gasteiger charge is 2.22. The van der Waals surface area contributed by atoms with E-state index < -0.39 is 0 Å². The van der Waals surface area contributed by atoms with Gasteiger partial charge in [-0.15, -0.1) is 0 Å². The summed E-state index contributed by atoms with van der Waals surface area (Å²) in [5, 5.41) is 2.92. The Morgan fingerprint density at radius 1 is 1.50 bits per heavy atom. The van der Waals surface area contributed by atoms with Gasteiger partial charge in [0.15, 0.2) is 0 Å². The van der Waals surface area contributed by atoms with E-state index in [1.54, 1.807) is 13.1 Å². The molecule has 1 aliphatic rings. The summed E-state index contributed by atoms with van der Waals surface area (Å²) in [6.45, 7) is 0.750. The highest BCUT2D eigenvalue weighted by Crippen LogP contribution is 2.31. The van der Waals surface area contributed by atoms with Crippen molar-refractivity contribution in [3.63, 3.8) is 0 Å². The first-order chi connectivity index (χ1) is 6.79. The minimum atomic E-state index is -0.242. The molecule has 0 saturated heterocycles. The number of anilines is 1. The van der Waals surface area contributed by atoms with Crippen LogP contribution in [-0.4, -0.2) is 13.7 Å². The Kier molecular flexibility index (Phi) is 2.57. The zero-order chi connectivity index (χ0) is 9.97. The van der Waals surface area contributed by atoms with Crippen LogP contribution in [0, 0.1) is 11.7 Å². The van der Waals surface area contributed by atoms with Crippen LogP contribution in [0.5, 0.6) is 5.75 Å². The second kappa shape index (κ2) is 3.86. The predicted molar refractivity (Wildman–Crippen MR) is 54.2 cm³/mol. The van der Waals surface area contributed by atoms with Crippen LogP contribution in [-0.2, 0) is 0 Å². The van der Waals surface area contributed by atoms with Gasteiger partial charge in [0.1, 0.15) is 11.6 Å². The lowest BCUT2D eigenvalue weighted by Crippen LogP contribution is -2.02. The molecule has 0 aromatic heterocycles. The predicted octanol–water partition coefficient (Wildman–Crippen LogP) is 2.66. The van der Waals surface area contributed by atoms with Crippen molar-refractivity contribution in [2.24, 2.45) is 5.92 Å². The second-order valence-corrected chi connectivity index (χ2v) is 3.64. The van der Waals surface area contributed by atoms with Crippen LogP contribution >= 0.6 is 0 Å². The largest absolute Gasteiger partial charge is 0.491 e. The molecule has 0 spiro atoms. The fraction of sp³-hybridized carbons (Fsp3) is 0.455. The molecular formula is C11H14FNO. The molecular weight excluding hydrogens is 181 g/mol. The Bertz CT molecular complexity index is 323. The molecule has 1 aromatic rings. The summed E-state index contributed by atoms with van der Waals surface area (Å²) in [5.41, 5.74) is 0.714. The number of benzene rings is 1. The van der Waals surface area contributed by atoms with Crippen molar-refractivity contribution in [1.29, 1.82) is 0 Å². The number of hydrogen-bond donors (Lipinski definition) is 1. The first-order valence-corrected chi connectivity index (χ1v) is 4.89. The first kappa shape index (κ1) is 9.31. The summed E-state index contributed by atoms with van der Waals surface area (Å²) in [4.78, 5) is 0. The van der Waals surface area contributed by atoms with Crippen LogP contribution in [0.4, 0.5) is 10.1 Å². The zero-order valence-electron chi connectivity index (χ0n) is 8.22. The normalized spacial score (nSPS) is 15.3. The molecule has 2 rings (SSSR count). The van der Waals surface area contributed by atoms with Crippen molar-refractivity contribution in [2.75, 3.05) is 19.0 Å². The van der Waals surface area contributed by atoms with E-state index in [0.29, 0.717) is 11.6 Å². The number of halogens is 1. The lowest BCUT2D eigenvalue weighted by molar-refractivity contribution is 0.301. The molecule has 14 heavy (non-hydrogen) atoms. The smallest absolute Gasteiger partial charge is 0.142 e. The topological polar surface area (TPSA) is 21.3 Å². The lowest BCUT2D eigenvalue weighted by Gasteiger charge is -2.10. The molecule has 0 amide bonds. The van der Waals surface area contributed by atoms with Gasteiger partial charge >= 0.3 is 0 Å². The SMILES string of the molecule is CNc1cc(F)ccc1OCC1CC1. The monoisotopic (exact) mass is 195 g/mol. The van der Waals surface area contributed by atoms with Gasteiger partial charge in [-0.25, -0.2) is 4.39 Å². The molecule has 1 N–H and O–H groups in total. The van der Waals surface area contributed by atoms with E-state index in [0.717, 1.165) is 12.4 Å². The second-order valence-electron chi connectivity index (χ2n) is 3.64. The van der Waals surface area contributed by atoms with Gasteiger partial charge in [0.25, 0.3) is 0 Å². The highest BCUT2D eigenvalue weighted by molar-refractivity contribution is 5.55. The molecule has 0 unspecified atom stereocenters. The average Bonchev–Trinajstić information content (AvgIpc) is 2.99. The molecule has 1 fully saturated rings. The van der Waals surface area contributed by atoms with E-state index in [-0.39, 0.29) is 5.82 Å². The van der Waals surface area contributed by atoms with Crippen molar-refractivity contribution in [2.45, 2.75) is 12.8 Å². The summed E-state index contributed by atoms with van der Waals surface area (Å²) >= 11 is 0. The molecule has 1 aromatic carbocycles. The summed E-state index contributed by atoms with van der Waals surface area (Å²) < 4.78 is 18.4. The van der Waals surface area contributed by atoms with Crippen LogP contribution in [0.3, 0.4) is 0 Å². The van der Waals surface area contributed by atoms with Crippen LogP contribution < -0.4 is 10.1 Å². The number of nitrogens with one attached hydrogen (secondary N) is 1. The number of hydrogen-bond acceptors (Lipinski definition) is 2. The van der Waals surface area contributed by atoms with Crippen molar-refractivity contribution in [1.82, 2.24) is 0 Å². The Hall–Kier alpha value is -1.25. The fourth-order valence-corrected chi connectivity index (χ4v) is 1.32. The van der Waals surface area contributed by atoms with Gasteiger partial charge < -0.3 is 10.1 Å². The number of ether oxygens (including phenoxy) is 1. The van der Waals surface area contributed by atoms with Crippen molar-refractivity contribution in [3.05, 3.63) is 24.0 Å². The molecule has 2 nitrogen and oxygen atoms in total. The van der Waals surface area contributed by atoms with Crippen LogP contribution in [0.1, 0.15) is 12.8 Å². The minimum absolute atomic E-state index is 0.242. The van der Waals surface area contributed by atoms with E-state index in [4.69, 9.17) is 4.74 Å². The van der Waals surface area contributed by atoms with Gasteiger partial charge in [-0.3, -0.25) is 0 Å². The quantitative estimate of drug-likeness (QED) is 0.797. The Labute approximate surface area is 83.1 Å². The van der Waals surface area contributed by atoms with E-state index in [1.165, 1.54) is 25.0 Å². The van der Waals surface area contributed by atoms with Crippen molar-refractivity contribution in [3.8, 4) is 5.75 Å². The summed E-state index contributed by atoms with van der Waals surface area (Å²) in [5.74, 6) is 1.21. The van der Waals surface area contributed by atoms with E-state index in [9.17, 15) is 4.39 Å². The van der Waals surface area contributed by atoms with E-state index >= 15 is 0 Å². The summed E-state index contributed by atoms with van der Waals surface area (Å²) in [6, 6.07) is 4.54. The van der Waals surface area contributed by atoms with Crippen LogP contribution in [0.2, 0.25) is 0 Å². The van der Waals surface area contributed by atoms with Gasteiger partial charge in [-0.1, -0.05) is 0 Å². The molecule has 0 atom stereocenters. The molecule has 0 bridgehead atoms. The molecule has 1 aliphatic carbocycles. The van der Waals surface area contributed by atoms with Crippen LogP contribution in [0.25, 0.3) is 0 Å². The minimum Gasteiger partial charge on any atom is -0.491 e.